The van der Waals surface area contributed by atoms with Crippen molar-refractivity contribution in [2.24, 2.45) is 5.73 Å². The van der Waals surface area contributed by atoms with Gasteiger partial charge in [-0.25, -0.2) is 0 Å². The van der Waals surface area contributed by atoms with Crippen molar-refractivity contribution in [1.29, 1.82) is 0 Å². The molecule has 0 bridgehead atoms. The SMILES string of the molecule is CC(C)(N)CCc1cccc(C(C)(C)C)c1. The van der Waals surface area contributed by atoms with Gasteiger partial charge in [0.05, 0.1) is 0 Å². The Balaban J connectivity index is 2.76. The Morgan fingerprint density at radius 2 is 1.69 bits per heavy atom. The fourth-order valence-corrected chi connectivity index (χ4v) is 1.66. The van der Waals surface area contributed by atoms with Crippen LogP contribution in [-0.4, -0.2) is 5.54 Å². The minimum atomic E-state index is -0.0717. The molecule has 1 nitrogen and oxygen atoms in total. The predicted octanol–water partition coefficient (Wildman–Crippen LogP) is 3.65. The lowest BCUT2D eigenvalue weighted by molar-refractivity contribution is 0.476. The van der Waals surface area contributed by atoms with Gasteiger partial charge in [-0.1, -0.05) is 45.0 Å². The van der Waals surface area contributed by atoms with Crippen LogP contribution >= 0.6 is 0 Å². The zero-order chi connectivity index (χ0) is 12.4. The van der Waals surface area contributed by atoms with E-state index in [1.165, 1.54) is 11.1 Å². The van der Waals surface area contributed by atoms with Crippen molar-refractivity contribution in [1.82, 2.24) is 0 Å². The molecule has 1 aromatic rings. The third-order valence-electron chi connectivity index (χ3n) is 2.85. The Hall–Kier alpha value is -0.820. The predicted molar refractivity (Wildman–Crippen MR) is 71.7 cm³/mol. The lowest BCUT2D eigenvalue weighted by Crippen LogP contribution is -2.32. The molecule has 0 saturated carbocycles. The molecule has 0 saturated heterocycles. The van der Waals surface area contributed by atoms with Crippen molar-refractivity contribution in [3.8, 4) is 0 Å². The lowest BCUT2D eigenvalue weighted by Gasteiger charge is -2.21. The van der Waals surface area contributed by atoms with Crippen LogP contribution in [0.25, 0.3) is 0 Å². The van der Waals surface area contributed by atoms with Gasteiger partial charge in [0.25, 0.3) is 0 Å². The molecule has 0 radical (unpaired) electrons. The van der Waals surface area contributed by atoms with E-state index in [-0.39, 0.29) is 11.0 Å². The first kappa shape index (κ1) is 13.2. The Kier molecular flexibility index (Phi) is 3.80. The Morgan fingerprint density at radius 3 is 2.19 bits per heavy atom. The molecule has 2 N–H and O–H groups in total. The van der Waals surface area contributed by atoms with Crippen molar-refractivity contribution >= 4 is 0 Å². The van der Waals surface area contributed by atoms with E-state index < -0.39 is 0 Å². The van der Waals surface area contributed by atoms with Gasteiger partial charge in [-0.05, 0) is 43.2 Å². The fourth-order valence-electron chi connectivity index (χ4n) is 1.66. The van der Waals surface area contributed by atoms with E-state index in [1.54, 1.807) is 0 Å². The summed E-state index contributed by atoms with van der Waals surface area (Å²) in [6.07, 6.45) is 2.09. The first-order valence-electron chi connectivity index (χ1n) is 6.07. The van der Waals surface area contributed by atoms with Gasteiger partial charge in [0.2, 0.25) is 0 Å². The Labute approximate surface area is 100 Å². The maximum Gasteiger partial charge on any atom is 0.0100 e. The van der Waals surface area contributed by atoms with Gasteiger partial charge in [-0.3, -0.25) is 0 Å². The molecule has 0 spiro atoms. The van der Waals surface area contributed by atoms with Gasteiger partial charge >= 0.3 is 0 Å². The summed E-state index contributed by atoms with van der Waals surface area (Å²) < 4.78 is 0. The number of hydrogen-bond acceptors (Lipinski definition) is 1. The summed E-state index contributed by atoms with van der Waals surface area (Å²) in [5, 5.41) is 0. The highest BCUT2D eigenvalue weighted by molar-refractivity contribution is 5.28. The van der Waals surface area contributed by atoms with Crippen LogP contribution in [0.5, 0.6) is 0 Å². The molecule has 0 aliphatic rings. The van der Waals surface area contributed by atoms with Crippen LogP contribution in [-0.2, 0) is 11.8 Å². The zero-order valence-corrected chi connectivity index (χ0v) is 11.3. The third-order valence-corrected chi connectivity index (χ3v) is 2.85. The first-order chi connectivity index (χ1) is 7.18. The summed E-state index contributed by atoms with van der Waals surface area (Å²) in [6.45, 7) is 10.9. The quantitative estimate of drug-likeness (QED) is 0.825. The molecular formula is C15H25N. The van der Waals surface area contributed by atoms with E-state index >= 15 is 0 Å². The molecule has 0 atom stereocenters. The minimum Gasteiger partial charge on any atom is -0.326 e. The summed E-state index contributed by atoms with van der Waals surface area (Å²) in [5.74, 6) is 0. The van der Waals surface area contributed by atoms with Crippen LogP contribution in [0.2, 0.25) is 0 Å². The van der Waals surface area contributed by atoms with Gasteiger partial charge in [-0.15, -0.1) is 0 Å². The van der Waals surface area contributed by atoms with Crippen molar-refractivity contribution in [2.45, 2.75) is 58.4 Å². The largest absolute Gasteiger partial charge is 0.326 e. The highest BCUT2D eigenvalue weighted by Crippen LogP contribution is 2.23. The van der Waals surface area contributed by atoms with Crippen molar-refractivity contribution in [3.05, 3.63) is 35.4 Å². The monoisotopic (exact) mass is 219 g/mol. The van der Waals surface area contributed by atoms with E-state index in [9.17, 15) is 0 Å². The standard InChI is InChI=1S/C15H25N/c1-14(2,3)13-8-6-7-12(11-13)9-10-15(4,5)16/h6-8,11H,9-10,16H2,1-5H3. The second kappa shape index (κ2) is 4.58. The highest BCUT2D eigenvalue weighted by atomic mass is 14.7. The van der Waals surface area contributed by atoms with Crippen molar-refractivity contribution in [3.63, 3.8) is 0 Å². The third kappa shape index (κ3) is 4.36. The molecule has 90 valence electrons. The van der Waals surface area contributed by atoms with Crippen LogP contribution in [0.15, 0.2) is 24.3 Å². The normalized spacial score (nSPS) is 12.9. The summed E-state index contributed by atoms with van der Waals surface area (Å²) in [4.78, 5) is 0. The van der Waals surface area contributed by atoms with E-state index in [4.69, 9.17) is 5.73 Å². The second-order valence-corrected chi connectivity index (χ2v) is 6.44. The number of aryl methyl sites for hydroxylation is 1. The number of benzene rings is 1. The van der Waals surface area contributed by atoms with E-state index in [2.05, 4.69) is 58.9 Å². The van der Waals surface area contributed by atoms with Crippen LogP contribution in [0.4, 0.5) is 0 Å². The van der Waals surface area contributed by atoms with Crippen molar-refractivity contribution < 1.29 is 0 Å². The first-order valence-corrected chi connectivity index (χ1v) is 6.07. The molecule has 16 heavy (non-hydrogen) atoms. The zero-order valence-electron chi connectivity index (χ0n) is 11.3. The smallest absolute Gasteiger partial charge is 0.0100 e. The molecule has 0 unspecified atom stereocenters. The summed E-state index contributed by atoms with van der Waals surface area (Å²) in [6, 6.07) is 8.86. The Bertz CT molecular complexity index is 339. The molecule has 0 aromatic heterocycles. The minimum absolute atomic E-state index is 0.0717. The van der Waals surface area contributed by atoms with Crippen LogP contribution in [0.1, 0.15) is 52.2 Å². The van der Waals surface area contributed by atoms with E-state index in [0.717, 1.165) is 12.8 Å². The summed E-state index contributed by atoms with van der Waals surface area (Å²) >= 11 is 0. The van der Waals surface area contributed by atoms with E-state index in [1.807, 2.05) is 0 Å². The van der Waals surface area contributed by atoms with Crippen LogP contribution in [0, 0.1) is 0 Å². The molecule has 0 aliphatic carbocycles. The average Bonchev–Trinajstić information content (AvgIpc) is 2.13. The maximum absolute atomic E-state index is 6.01. The van der Waals surface area contributed by atoms with Gasteiger partial charge < -0.3 is 5.73 Å². The molecule has 0 amide bonds. The number of hydrogen-bond donors (Lipinski definition) is 1. The van der Waals surface area contributed by atoms with Crippen LogP contribution in [0.3, 0.4) is 0 Å². The Morgan fingerprint density at radius 1 is 1.06 bits per heavy atom. The molecule has 1 aromatic carbocycles. The lowest BCUT2D eigenvalue weighted by atomic mass is 9.85. The van der Waals surface area contributed by atoms with Crippen molar-refractivity contribution in [2.75, 3.05) is 0 Å². The molecule has 0 aliphatic heterocycles. The topological polar surface area (TPSA) is 26.0 Å². The maximum atomic E-state index is 6.01. The van der Waals surface area contributed by atoms with Gasteiger partial charge in [0.15, 0.2) is 0 Å². The molecular weight excluding hydrogens is 194 g/mol. The highest BCUT2D eigenvalue weighted by Gasteiger charge is 2.14. The molecule has 1 rings (SSSR count). The summed E-state index contributed by atoms with van der Waals surface area (Å²) in [7, 11) is 0. The molecule has 0 fully saturated rings. The van der Waals surface area contributed by atoms with Gasteiger partial charge in [0.1, 0.15) is 0 Å². The van der Waals surface area contributed by atoms with E-state index in [0.29, 0.717) is 0 Å². The second-order valence-electron chi connectivity index (χ2n) is 6.44. The number of nitrogens with two attached hydrogens (primary N) is 1. The van der Waals surface area contributed by atoms with Gasteiger partial charge in [-0.2, -0.15) is 0 Å². The average molecular weight is 219 g/mol. The number of rotatable bonds is 3. The summed E-state index contributed by atoms with van der Waals surface area (Å²) in [5.41, 5.74) is 8.96. The van der Waals surface area contributed by atoms with Crippen LogP contribution < -0.4 is 5.73 Å². The van der Waals surface area contributed by atoms with Gasteiger partial charge in [0, 0.05) is 5.54 Å². The molecule has 0 heterocycles. The molecule has 1 heteroatoms. The fraction of sp³-hybridized carbons (Fsp3) is 0.600.